The first-order chi connectivity index (χ1) is 22.0. The van der Waals surface area contributed by atoms with Gasteiger partial charge in [0.2, 0.25) is 23.0 Å². The van der Waals surface area contributed by atoms with Crippen molar-refractivity contribution in [2.24, 2.45) is 17.3 Å². The van der Waals surface area contributed by atoms with Gasteiger partial charge in [-0.3, -0.25) is 14.4 Å². The molecule has 0 bridgehead atoms. The topological polar surface area (TPSA) is 139 Å². The van der Waals surface area contributed by atoms with Crippen molar-refractivity contribution >= 4 is 17.9 Å². The van der Waals surface area contributed by atoms with E-state index < -0.39 is 23.5 Å². The molecule has 11 heteroatoms. The van der Waals surface area contributed by atoms with E-state index in [-0.39, 0.29) is 42.2 Å². The molecule has 2 fully saturated rings. The second kappa shape index (κ2) is 16.6. The summed E-state index contributed by atoms with van der Waals surface area (Å²) in [6, 6.07) is 10.3. The molecule has 0 unspecified atom stereocenters. The molecule has 252 valence electrons. The summed E-state index contributed by atoms with van der Waals surface area (Å²) in [4.78, 5) is 54.0. The largest absolute Gasteiger partial charge is 0.490 e. The van der Waals surface area contributed by atoms with Crippen LogP contribution >= 0.6 is 0 Å². The lowest BCUT2D eigenvalue weighted by Crippen LogP contribution is -2.58. The molecule has 4 rings (SSSR count). The number of carbonyl (C=O) groups excluding carboxylic acids is 3. The number of nitrogens with one attached hydrogen (secondary N) is 3. The molecule has 2 heterocycles. The van der Waals surface area contributed by atoms with Crippen LogP contribution in [0.4, 0.5) is 4.79 Å². The van der Waals surface area contributed by atoms with Gasteiger partial charge in [-0.15, -0.1) is 0 Å². The highest BCUT2D eigenvalue weighted by molar-refractivity contribution is 5.89. The van der Waals surface area contributed by atoms with Gasteiger partial charge in [0, 0.05) is 31.7 Å². The summed E-state index contributed by atoms with van der Waals surface area (Å²) in [5.41, 5.74) is 0.133. The van der Waals surface area contributed by atoms with E-state index in [0.717, 1.165) is 44.1 Å². The number of nitrogens with zero attached hydrogens (tertiary/aromatic N) is 1. The number of alkyl carbamates (subject to hydrolysis) is 1. The molecule has 1 saturated carbocycles. The van der Waals surface area contributed by atoms with Crippen molar-refractivity contribution in [2.75, 3.05) is 26.7 Å². The first kappa shape index (κ1) is 35.0. The second-order valence-electron chi connectivity index (χ2n) is 13.6. The molecule has 3 amide bonds. The van der Waals surface area contributed by atoms with Crippen molar-refractivity contribution in [1.82, 2.24) is 20.9 Å². The lowest BCUT2D eigenvalue weighted by Gasteiger charge is -2.39. The van der Waals surface area contributed by atoms with Crippen LogP contribution < -0.4 is 26.1 Å². The molecule has 3 N–H and O–H groups in total. The van der Waals surface area contributed by atoms with Gasteiger partial charge in [0.25, 0.3) is 0 Å². The van der Waals surface area contributed by atoms with Crippen molar-refractivity contribution in [1.29, 1.82) is 0 Å². The first-order valence-electron chi connectivity index (χ1n) is 16.5. The van der Waals surface area contributed by atoms with Gasteiger partial charge in [-0.25, -0.2) is 4.79 Å². The highest BCUT2D eigenvalue weighted by Gasteiger charge is 2.38. The molecule has 0 radical (unpaired) electrons. The summed E-state index contributed by atoms with van der Waals surface area (Å²) in [5, 5.41) is 9.31. The Bertz CT molecular complexity index is 1340. The van der Waals surface area contributed by atoms with Gasteiger partial charge in [-0.1, -0.05) is 76.8 Å². The Hall–Kier alpha value is -3.86. The van der Waals surface area contributed by atoms with Gasteiger partial charge >= 0.3 is 6.09 Å². The van der Waals surface area contributed by atoms with E-state index >= 15 is 0 Å². The molecule has 0 spiro atoms. The van der Waals surface area contributed by atoms with Gasteiger partial charge in [-0.05, 0) is 36.2 Å². The zero-order valence-corrected chi connectivity index (χ0v) is 27.6. The number of hydrogen-bond donors (Lipinski definition) is 3. The highest BCUT2D eigenvalue weighted by Crippen LogP contribution is 2.31. The molecule has 1 aromatic heterocycles. The number of hydrogen-bond acceptors (Lipinski definition) is 8. The zero-order chi connectivity index (χ0) is 33.1. The molecule has 1 saturated heterocycles. The molecule has 11 nitrogen and oxygen atoms in total. The van der Waals surface area contributed by atoms with Crippen molar-refractivity contribution < 1.29 is 28.3 Å². The van der Waals surface area contributed by atoms with E-state index in [0.29, 0.717) is 37.7 Å². The third kappa shape index (κ3) is 10.3. The smallest absolute Gasteiger partial charge is 0.407 e. The fraction of sp³-hybridized carbons (Fsp3) is 0.600. The summed E-state index contributed by atoms with van der Waals surface area (Å²) in [6.45, 7) is 7.66. The van der Waals surface area contributed by atoms with Gasteiger partial charge in [-0.2, -0.15) is 0 Å². The fourth-order valence-electron chi connectivity index (χ4n) is 6.23. The van der Waals surface area contributed by atoms with Gasteiger partial charge < -0.3 is 34.7 Å². The normalized spacial score (nSPS) is 17.3. The number of rotatable bonds is 13. The SMILES string of the molecule is COc1coc(CNC2CCN(C(=O)[C@@H](NC(=O)[C@@H](CNC(=O)OCc3ccccc3)CC3CCCC3)C(C)(C)C)CC2)cc1=O. The quantitative estimate of drug-likeness (QED) is 0.294. The molecule has 46 heavy (non-hydrogen) atoms. The van der Waals surface area contributed by atoms with Crippen LogP contribution in [0.2, 0.25) is 0 Å². The van der Waals surface area contributed by atoms with Crippen molar-refractivity contribution in [2.45, 2.75) is 91.0 Å². The molecule has 2 aliphatic rings. The summed E-state index contributed by atoms with van der Waals surface area (Å²) in [5.74, 6) is 0.304. The second-order valence-corrected chi connectivity index (χ2v) is 13.6. The number of amides is 3. The number of benzene rings is 1. The predicted molar refractivity (Wildman–Crippen MR) is 174 cm³/mol. The highest BCUT2D eigenvalue weighted by atomic mass is 16.5. The number of piperidine rings is 1. The monoisotopic (exact) mass is 638 g/mol. The van der Waals surface area contributed by atoms with Crippen molar-refractivity contribution in [3.05, 3.63) is 64.2 Å². The van der Waals surface area contributed by atoms with Crippen LogP contribution in [0.25, 0.3) is 0 Å². The van der Waals surface area contributed by atoms with Crippen molar-refractivity contribution in [3.8, 4) is 5.75 Å². The first-order valence-corrected chi connectivity index (χ1v) is 16.5. The zero-order valence-electron chi connectivity index (χ0n) is 27.6. The van der Waals surface area contributed by atoms with E-state index in [4.69, 9.17) is 13.9 Å². The summed E-state index contributed by atoms with van der Waals surface area (Å²) >= 11 is 0. The van der Waals surface area contributed by atoms with Crippen LogP contribution in [0.3, 0.4) is 0 Å². The lowest BCUT2D eigenvalue weighted by molar-refractivity contribution is -0.141. The minimum Gasteiger partial charge on any atom is -0.490 e. The fourth-order valence-corrected chi connectivity index (χ4v) is 6.23. The van der Waals surface area contributed by atoms with E-state index in [2.05, 4.69) is 16.0 Å². The van der Waals surface area contributed by atoms with E-state index in [1.54, 1.807) is 0 Å². The summed E-state index contributed by atoms with van der Waals surface area (Å²) < 4.78 is 15.8. The molecule has 1 aliphatic carbocycles. The van der Waals surface area contributed by atoms with E-state index in [1.165, 1.54) is 19.4 Å². The molecule has 2 aromatic rings. The minimum atomic E-state index is -0.714. The van der Waals surface area contributed by atoms with Crippen LogP contribution in [-0.4, -0.2) is 61.6 Å². The van der Waals surface area contributed by atoms with Crippen LogP contribution in [-0.2, 0) is 27.5 Å². The van der Waals surface area contributed by atoms with Gasteiger partial charge in [0.05, 0.1) is 19.6 Å². The summed E-state index contributed by atoms with van der Waals surface area (Å²) in [6.07, 6.45) is 7.29. The van der Waals surface area contributed by atoms with Crippen LogP contribution in [0, 0.1) is 17.3 Å². The number of likely N-dealkylation sites (tertiary alicyclic amines) is 1. The number of carbonyl (C=O) groups is 3. The molecule has 1 aromatic carbocycles. The molecule has 1 aliphatic heterocycles. The van der Waals surface area contributed by atoms with Crippen LogP contribution in [0.15, 0.2) is 51.9 Å². The maximum atomic E-state index is 13.9. The van der Waals surface area contributed by atoms with Gasteiger partial charge in [0.1, 0.15) is 24.7 Å². The maximum Gasteiger partial charge on any atom is 0.407 e. The average Bonchev–Trinajstić information content (AvgIpc) is 3.56. The number of methoxy groups -OCH3 is 1. The average molecular weight is 639 g/mol. The molecule has 2 atom stereocenters. The Morgan fingerprint density at radius 2 is 1.74 bits per heavy atom. The predicted octanol–water partition coefficient (Wildman–Crippen LogP) is 4.38. The lowest BCUT2D eigenvalue weighted by atomic mass is 9.84. The molecular weight excluding hydrogens is 588 g/mol. The van der Waals surface area contributed by atoms with Crippen LogP contribution in [0.5, 0.6) is 5.75 Å². The third-order valence-electron chi connectivity index (χ3n) is 9.01. The Balaban J connectivity index is 1.31. The Labute approximate surface area is 271 Å². The van der Waals surface area contributed by atoms with E-state index in [9.17, 15) is 19.2 Å². The van der Waals surface area contributed by atoms with Crippen LogP contribution in [0.1, 0.15) is 77.0 Å². The Morgan fingerprint density at radius 3 is 2.37 bits per heavy atom. The van der Waals surface area contributed by atoms with Crippen molar-refractivity contribution in [3.63, 3.8) is 0 Å². The standard InChI is InChI=1S/C35H50N4O7/c1-35(2,3)31(33(42)39-16-14-27(15-17-39)36-21-28-19-29(40)30(44-4)23-45-28)38-32(41)26(18-24-10-8-9-11-24)20-37-34(43)46-22-25-12-6-5-7-13-25/h5-7,12-13,19,23-24,26-27,31,36H,8-11,14-18,20-22H2,1-4H3,(H,37,43)(H,38,41)/t26-,31-/m1/s1. The minimum absolute atomic E-state index is 0.102. The Kier molecular flexibility index (Phi) is 12.7. The Morgan fingerprint density at radius 1 is 1.04 bits per heavy atom. The van der Waals surface area contributed by atoms with E-state index in [1.807, 2.05) is 56.0 Å². The third-order valence-corrected chi connectivity index (χ3v) is 9.01. The molecular formula is C35H50N4O7. The number of ether oxygens (including phenoxy) is 2. The van der Waals surface area contributed by atoms with Gasteiger partial charge in [0.15, 0.2) is 0 Å². The maximum absolute atomic E-state index is 13.9. The summed E-state index contributed by atoms with van der Waals surface area (Å²) in [7, 11) is 1.42.